The predicted octanol–water partition coefficient (Wildman–Crippen LogP) is 2.61. The molecule has 0 bridgehead atoms. The van der Waals surface area contributed by atoms with Gasteiger partial charge in [0, 0.05) is 25.6 Å². The van der Waals surface area contributed by atoms with Crippen LogP contribution in [-0.4, -0.2) is 44.2 Å². The normalized spacial score (nSPS) is 16.2. The molecule has 0 aliphatic carbocycles. The first kappa shape index (κ1) is 25.8. The highest BCUT2D eigenvalue weighted by Gasteiger charge is 2.34. The minimum absolute atomic E-state index is 0.0752. The smallest absolute Gasteiger partial charge is 0.243 e. The monoisotopic (exact) mass is 489 g/mol. The number of benzene rings is 2. The lowest BCUT2D eigenvalue weighted by atomic mass is 9.95. The van der Waals surface area contributed by atoms with Crippen LogP contribution in [0.15, 0.2) is 41.3 Å². The van der Waals surface area contributed by atoms with Gasteiger partial charge in [-0.3, -0.25) is 9.59 Å². The summed E-state index contributed by atoms with van der Waals surface area (Å²) in [7, 11) is -3.65. The summed E-state index contributed by atoms with van der Waals surface area (Å²) in [6.07, 6.45) is 1.09. The summed E-state index contributed by atoms with van der Waals surface area (Å²) < 4.78 is 41.1. The fourth-order valence-corrected chi connectivity index (χ4v) is 6.49. The molecule has 0 saturated carbocycles. The second-order valence-corrected chi connectivity index (χ2v) is 11.0. The van der Waals surface area contributed by atoms with E-state index in [1.165, 1.54) is 16.4 Å². The Morgan fingerprint density at radius 3 is 2.18 bits per heavy atom. The standard InChI is InChI=1S/C25H32FN3O4S/c1-16-12-17(2)23(18(3)13-16)34(32,33)29-10-8-20(9-11-29)25(31)28-15-21(24(27)30)14-19-4-6-22(26)7-5-19/h4-7,12-13,20-21H,8-11,14-15H2,1-3H3,(H2,27,30)(H,28,31). The average Bonchev–Trinajstić information content (AvgIpc) is 2.76. The fraction of sp³-hybridized carbons (Fsp3) is 0.440. The largest absolute Gasteiger partial charge is 0.369 e. The van der Waals surface area contributed by atoms with Crippen molar-refractivity contribution in [3.63, 3.8) is 0 Å². The Labute approximate surface area is 200 Å². The number of carbonyl (C=O) groups is 2. The van der Waals surface area contributed by atoms with Gasteiger partial charge in [-0.05, 0) is 68.9 Å². The van der Waals surface area contributed by atoms with Crippen molar-refractivity contribution in [2.24, 2.45) is 17.6 Å². The second kappa shape index (κ2) is 10.7. The first-order chi connectivity index (χ1) is 16.0. The first-order valence-electron chi connectivity index (χ1n) is 11.4. The number of aryl methyl sites for hydroxylation is 3. The van der Waals surface area contributed by atoms with E-state index >= 15 is 0 Å². The molecule has 0 radical (unpaired) electrons. The number of carbonyl (C=O) groups excluding carboxylic acids is 2. The SMILES string of the molecule is Cc1cc(C)c(S(=O)(=O)N2CCC(C(=O)NCC(Cc3ccc(F)cc3)C(N)=O)CC2)c(C)c1. The van der Waals surface area contributed by atoms with Gasteiger partial charge in [-0.1, -0.05) is 29.8 Å². The highest BCUT2D eigenvalue weighted by molar-refractivity contribution is 7.89. The summed E-state index contributed by atoms with van der Waals surface area (Å²) >= 11 is 0. The molecule has 0 aromatic heterocycles. The maximum absolute atomic E-state index is 13.3. The van der Waals surface area contributed by atoms with Crippen LogP contribution in [0.2, 0.25) is 0 Å². The Morgan fingerprint density at radius 1 is 1.09 bits per heavy atom. The number of nitrogens with two attached hydrogens (primary N) is 1. The third-order valence-electron chi connectivity index (χ3n) is 6.35. The Kier molecular flexibility index (Phi) is 8.09. The Bertz CT molecular complexity index is 1130. The summed E-state index contributed by atoms with van der Waals surface area (Å²) in [6, 6.07) is 9.52. The molecule has 2 aromatic rings. The number of rotatable bonds is 8. The van der Waals surface area contributed by atoms with Crippen LogP contribution in [-0.2, 0) is 26.0 Å². The molecule has 3 N–H and O–H groups in total. The Morgan fingerprint density at radius 2 is 1.65 bits per heavy atom. The average molecular weight is 490 g/mol. The molecule has 9 heteroatoms. The van der Waals surface area contributed by atoms with Crippen LogP contribution >= 0.6 is 0 Å². The Balaban J connectivity index is 1.57. The summed E-state index contributed by atoms with van der Waals surface area (Å²) in [4.78, 5) is 24.9. The van der Waals surface area contributed by atoms with E-state index < -0.39 is 21.8 Å². The molecular formula is C25H32FN3O4S. The lowest BCUT2D eigenvalue weighted by molar-refractivity contribution is -0.127. The van der Waals surface area contributed by atoms with Gasteiger partial charge in [-0.2, -0.15) is 4.31 Å². The fourth-order valence-electron chi connectivity index (χ4n) is 4.61. The minimum atomic E-state index is -3.65. The Hall–Kier alpha value is -2.78. The second-order valence-electron chi connectivity index (χ2n) is 9.08. The number of hydrogen-bond donors (Lipinski definition) is 2. The van der Waals surface area contributed by atoms with E-state index in [1.54, 1.807) is 26.0 Å². The zero-order valence-electron chi connectivity index (χ0n) is 19.8. The van der Waals surface area contributed by atoms with Gasteiger partial charge in [0.25, 0.3) is 0 Å². The third-order valence-corrected chi connectivity index (χ3v) is 8.55. The van der Waals surface area contributed by atoms with Crippen molar-refractivity contribution in [2.75, 3.05) is 19.6 Å². The molecule has 3 rings (SSSR count). The number of sulfonamides is 1. The van der Waals surface area contributed by atoms with Crippen LogP contribution in [0.4, 0.5) is 4.39 Å². The quantitative estimate of drug-likeness (QED) is 0.594. The van der Waals surface area contributed by atoms with Gasteiger partial charge in [0.1, 0.15) is 5.82 Å². The zero-order valence-corrected chi connectivity index (χ0v) is 20.6. The molecule has 1 aliphatic heterocycles. The van der Waals surface area contributed by atoms with Crippen molar-refractivity contribution in [3.05, 3.63) is 64.5 Å². The summed E-state index contributed by atoms with van der Waals surface area (Å²) in [5.41, 5.74) is 8.70. The molecular weight excluding hydrogens is 457 g/mol. The van der Waals surface area contributed by atoms with Gasteiger partial charge < -0.3 is 11.1 Å². The molecule has 1 heterocycles. The van der Waals surface area contributed by atoms with E-state index in [-0.39, 0.29) is 37.3 Å². The number of nitrogens with one attached hydrogen (secondary N) is 1. The van der Waals surface area contributed by atoms with E-state index in [1.807, 2.05) is 19.1 Å². The molecule has 2 amide bonds. The predicted molar refractivity (Wildman–Crippen MR) is 128 cm³/mol. The van der Waals surface area contributed by atoms with Crippen LogP contribution in [0.1, 0.15) is 35.1 Å². The summed E-state index contributed by atoms with van der Waals surface area (Å²) in [5.74, 6) is -2.10. The zero-order chi connectivity index (χ0) is 25.0. The van der Waals surface area contributed by atoms with Crippen molar-refractivity contribution in [2.45, 2.75) is 44.9 Å². The molecule has 184 valence electrons. The van der Waals surface area contributed by atoms with Gasteiger partial charge in [0.2, 0.25) is 21.8 Å². The maximum atomic E-state index is 13.3. The van der Waals surface area contributed by atoms with Crippen molar-refractivity contribution in [1.82, 2.24) is 9.62 Å². The number of nitrogens with zero attached hydrogens (tertiary/aromatic N) is 1. The number of primary amides is 1. The molecule has 7 nitrogen and oxygen atoms in total. The van der Waals surface area contributed by atoms with Gasteiger partial charge in [0.05, 0.1) is 10.8 Å². The maximum Gasteiger partial charge on any atom is 0.243 e. The van der Waals surface area contributed by atoms with Gasteiger partial charge in [0.15, 0.2) is 0 Å². The van der Waals surface area contributed by atoms with Gasteiger partial charge >= 0.3 is 0 Å². The van der Waals surface area contributed by atoms with Gasteiger partial charge in [-0.15, -0.1) is 0 Å². The molecule has 1 unspecified atom stereocenters. The summed E-state index contributed by atoms with van der Waals surface area (Å²) in [5, 5.41) is 2.79. The highest BCUT2D eigenvalue weighted by atomic mass is 32.2. The van der Waals surface area contributed by atoms with E-state index in [2.05, 4.69) is 5.32 Å². The van der Waals surface area contributed by atoms with Crippen LogP contribution in [0.25, 0.3) is 0 Å². The lowest BCUT2D eigenvalue weighted by Gasteiger charge is -2.31. The molecule has 1 atom stereocenters. The van der Waals surface area contributed by atoms with E-state index in [9.17, 15) is 22.4 Å². The molecule has 0 spiro atoms. The van der Waals surface area contributed by atoms with E-state index in [4.69, 9.17) is 5.73 Å². The van der Waals surface area contributed by atoms with Crippen molar-refractivity contribution >= 4 is 21.8 Å². The number of amides is 2. The van der Waals surface area contributed by atoms with Gasteiger partial charge in [-0.25, -0.2) is 12.8 Å². The number of halogens is 1. The van der Waals surface area contributed by atoms with E-state index in [0.717, 1.165) is 22.3 Å². The van der Waals surface area contributed by atoms with Crippen molar-refractivity contribution < 1.29 is 22.4 Å². The number of hydrogen-bond acceptors (Lipinski definition) is 4. The summed E-state index contributed by atoms with van der Waals surface area (Å²) in [6.45, 7) is 6.11. The van der Waals surface area contributed by atoms with Crippen molar-refractivity contribution in [3.8, 4) is 0 Å². The lowest BCUT2D eigenvalue weighted by Crippen LogP contribution is -2.45. The topological polar surface area (TPSA) is 110 Å². The van der Waals surface area contributed by atoms with E-state index in [0.29, 0.717) is 24.2 Å². The highest BCUT2D eigenvalue weighted by Crippen LogP contribution is 2.29. The third kappa shape index (κ3) is 6.01. The molecule has 1 saturated heterocycles. The van der Waals surface area contributed by atoms with Crippen molar-refractivity contribution in [1.29, 1.82) is 0 Å². The molecule has 1 fully saturated rings. The minimum Gasteiger partial charge on any atom is -0.369 e. The first-order valence-corrected chi connectivity index (χ1v) is 12.8. The molecule has 2 aromatic carbocycles. The molecule has 1 aliphatic rings. The molecule has 34 heavy (non-hydrogen) atoms. The van der Waals surface area contributed by atoms with Crippen LogP contribution in [0.3, 0.4) is 0 Å². The van der Waals surface area contributed by atoms with Crippen LogP contribution < -0.4 is 11.1 Å². The van der Waals surface area contributed by atoms with Crippen LogP contribution in [0, 0.1) is 38.4 Å². The number of piperidine rings is 1. The van der Waals surface area contributed by atoms with Crippen LogP contribution in [0.5, 0.6) is 0 Å².